The third-order valence-electron chi connectivity index (χ3n) is 3.99. The number of nitrogens with two attached hydrogens (primary N) is 1. The van der Waals surface area contributed by atoms with Crippen LogP contribution in [0.25, 0.3) is 0 Å². The van der Waals surface area contributed by atoms with E-state index in [9.17, 15) is 9.59 Å². The molecular weight excluding hydrogens is 346 g/mol. The number of unbranched alkanes of at least 4 members (excludes halogenated alkanes) is 5. The quantitative estimate of drug-likeness (QED) is 0.426. The van der Waals surface area contributed by atoms with Gasteiger partial charge in [-0.05, 0) is 6.42 Å². The van der Waals surface area contributed by atoms with E-state index in [1.165, 1.54) is 25.7 Å². The second-order valence-corrected chi connectivity index (χ2v) is 6.27. The molecule has 1 aliphatic heterocycles. The SMILES string of the molecule is CCCCCCCCOC(=O)CCC(=O)O.N=C1N=C(N)c2ccccc21. The van der Waals surface area contributed by atoms with E-state index in [0.29, 0.717) is 12.4 Å². The maximum atomic E-state index is 11.0. The van der Waals surface area contributed by atoms with Gasteiger partial charge < -0.3 is 15.6 Å². The van der Waals surface area contributed by atoms with E-state index < -0.39 is 11.9 Å². The Kier molecular flexibility index (Phi) is 10.4. The lowest BCUT2D eigenvalue weighted by Gasteiger charge is -2.03. The topological polar surface area (TPSA) is 126 Å². The van der Waals surface area contributed by atoms with Gasteiger partial charge in [0, 0.05) is 11.1 Å². The highest BCUT2D eigenvalue weighted by Gasteiger charge is 2.16. The summed E-state index contributed by atoms with van der Waals surface area (Å²) in [4.78, 5) is 25.0. The zero-order valence-electron chi connectivity index (χ0n) is 15.9. The second-order valence-electron chi connectivity index (χ2n) is 6.27. The molecule has 0 saturated heterocycles. The molecule has 0 saturated carbocycles. The highest BCUT2D eigenvalue weighted by Crippen LogP contribution is 2.15. The van der Waals surface area contributed by atoms with Crippen LogP contribution in [0.1, 0.15) is 69.4 Å². The fourth-order valence-corrected chi connectivity index (χ4v) is 2.50. The lowest BCUT2D eigenvalue weighted by molar-refractivity contribution is -0.147. The standard InChI is InChI=1S/C12H22O4.C8H7N3/c1-2-3-4-5-6-7-10-16-12(15)9-8-11(13)14;9-7-5-3-1-2-4-6(5)8(10)11-7/h2-10H2,1H3,(H,13,14);1-4H,(H3,9,10,11). The summed E-state index contributed by atoms with van der Waals surface area (Å²) in [6, 6.07) is 7.48. The Labute approximate surface area is 160 Å². The van der Waals surface area contributed by atoms with Crippen molar-refractivity contribution in [3.63, 3.8) is 0 Å². The van der Waals surface area contributed by atoms with Gasteiger partial charge in [-0.15, -0.1) is 0 Å². The summed E-state index contributed by atoms with van der Waals surface area (Å²) in [5.74, 6) is -0.656. The first-order valence-electron chi connectivity index (χ1n) is 9.35. The number of fused-ring (bicyclic) bond motifs is 1. The molecule has 2 rings (SSSR count). The van der Waals surface area contributed by atoms with Crippen LogP contribution in [0, 0.1) is 5.41 Å². The van der Waals surface area contributed by atoms with E-state index >= 15 is 0 Å². The fourth-order valence-electron chi connectivity index (χ4n) is 2.50. The predicted molar refractivity (Wildman–Crippen MR) is 105 cm³/mol. The first kappa shape index (κ1) is 22.3. The first-order valence-corrected chi connectivity index (χ1v) is 9.35. The Bertz CT molecular complexity index is 671. The molecule has 0 radical (unpaired) electrons. The van der Waals surface area contributed by atoms with Gasteiger partial charge in [0.05, 0.1) is 19.4 Å². The maximum absolute atomic E-state index is 11.0. The average Bonchev–Trinajstić information content (AvgIpc) is 2.94. The average molecular weight is 375 g/mol. The van der Waals surface area contributed by atoms with Crippen LogP contribution >= 0.6 is 0 Å². The van der Waals surface area contributed by atoms with E-state index in [4.69, 9.17) is 21.0 Å². The molecule has 0 spiro atoms. The van der Waals surface area contributed by atoms with Crippen LogP contribution in [-0.4, -0.2) is 35.3 Å². The van der Waals surface area contributed by atoms with Gasteiger partial charge in [-0.3, -0.25) is 15.0 Å². The minimum Gasteiger partial charge on any atom is -0.481 e. The molecule has 7 nitrogen and oxygen atoms in total. The molecule has 1 aromatic carbocycles. The summed E-state index contributed by atoms with van der Waals surface area (Å²) in [5, 5.41) is 15.7. The van der Waals surface area contributed by atoms with Crippen LogP contribution in [0.2, 0.25) is 0 Å². The van der Waals surface area contributed by atoms with Crippen LogP contribution < -0.4 is 5.73 Å². The number of carboxylic acid groups (broad SMARTS) is 1. The molecule has 0 aliphatic carbocycles. The summed E-state index contributed by atoms with van der Waals surface area (Å²) in [6.45, 7) is 2.59. The van der Waals surface area contributed by atoms with E-state index in [1.807, 2.05) is 24.3 Å². The van der Waals surface area contributed by atoms with Crippen LogP contribution in [0.5, 0.6) is 0 Å². The molecule has 1 aromatic rings. The molecule has 0 aromatic heterocycles. The highest BCUT2D eigenvalue weighted by atomic mass is 16.5. The molecule has 0 fully saturated rings. The molecule has 148 valence electrons. The van der Waals surface area contributed by atoms with Crippen LogP contribution in [-0.2, 0) is 14.3 Å². The van der Waals surface area contributed by atoms with Crippen LogP contribution in [0.15, 0.2) is 29.3 Å². The minimum absolute atomic E-state index is 0.0227. The van der Waals surface area contributed by atoms with Crippen LogP contribution in [0.3, 0.4) is 0 Å². The van der Waals surface area contributed by atoms with Gasteiger partial charge in [-0.1, -0.05) is 63.3 Å². The number of aliphatic imine (C=N–C) groups is 1. The number of carbonyl (C=O) groups is 2. The zero-order chi connectivity index (χ0) is 20.1. The van der Waals surface area contributed by atoms with Gasteiger partial charge in [-0.2, -0.15) is 0 Å². The molecule has 1 heterocycles. The monoisotopic (exact) mass is 375 g/mol. The Balaban J connectivity index is 0.000000285. The van der Waals surface area contributed by atoms with Crippen molar-refractivity contribution in [3.8, 4) is 0 Å². The van der Waals surface area contributed by atoms with E-state index in [1.54, 1.807) is 0 Å². The summed E-state index contributed by atoms with van der Waals surface area (Å²) in [7, 11) is 0. The smallest absolute Gasteiger partial charge is 0.306 e. The number of carbonyl (C=O) groups excluding carboxylic acids is 1. The van der Waals surface area contributed by atoms with Gasteiger partial charge in [-0.25, -0.2) is 4.99 Å². The molecule has 4 N–H and O–H groups in total. The summed E-state index contributed by atoms with van der Waals surface area (Å²) >= 11 is 0. The van der Waals surface area contributed by atoms with Gasteiger partial charge in [0.1, 0.15) is 5.84 Å². The number of amidine groups is 2. The van der Waals surface area contributed by atoms with E-state index in [2.05, 4.69) is 11.9 Å². The minimum atomic E-state index is -0.962. The fraction of sp³-hybridized carbons (Fsp3) is 0.500. The third-order valence-corrected chi connectivity index (χ3v) is 3.99. The lowest BCUT2D eigenvalue weighted by Crippen LogP contribution is -2.09. The summed E-state index contributed by atoms with van der Waals surface area (Å²) in [5.41, 5.74) is 7.24. The number of nitrogens with zero attached hydrogens (tertiary/aromatic N) is 1. The van der Waals surface area contributed by atoms with Crippen molar-refractivity contribution in [2.24, 2.45) is 10.7 Å². The van der Waals surface area contributed by atoms with Gasteiger partial charge in [0.15, 0.2) is 5.84 Å². The van der Waals surface area contributed by atoms with Crippen molar-refractivity contribution < 1.29 is 19.4 Å². The largest absolute Gasteiger partial charge is 0.481 e. The van der Waals surface area contributed by atoms with Crippen molar-refractivity contribution in [3.05, 3.63) is 35.4 Å². The number of carboxylic acids is 1. The molecule has 27 heavy (non-hydrogen) atoms. The molecule has 7 heteroatoms. The molecular formula is C20H29N3O4. The number of ether oxygens (including phenoxy) is 1. The highest BCUT2D eigenvalue weighted by molar-refractivity contribution is 6.20. The normalized spacial score (nSPS) is 11.9. The number of benzene rings is 1. The number of esters is 1. The van der Waals surface area contributed by atoms with E-state index in [0.717, 1.165) is 24.0 Å². The Morgan fingerprint density at radius 1 is 1.07 bits per heavy atom. The number of nitrogens with one attached hydrogen (secondary N) is 1. The molecule has 0 amide bonds. The Hall–Kier alpha value is -2.70. The third kappa shape index (κ3) is 8.99. The van der Waals surface area contributed by atoms with Crippen molar-refractivity contribution >= 4 is 23.6 Å². The van der Waals surface area contributed by atoms with Crippen molar-refractivity contribution in [1.82, 2.24) is 0 Å². The number of rotatable bonds is 10. The zero-order valence-corrected chi connectivity index (χ0v) is 15.9. The van der Waals surface area contributed by atoms with Crippen molar-refractivity contribution in [1.29, 1.82) is 5.41 Å². The number of aliphatic carboxylic acids is 1. The summed E-state index contributed by atoms with van der Waals surface area (Å²) in [6.07, 6.45) is 6.70. The van der Waals surface area contributed by atoms with Crippen molar-refractivity contribution in [2.45, 2.75) is 58.3 Å². The molecule has 0 bridgehead atoms. The first-order chi connectivity index (χ1) is 13.0. The van der Waals surface area contributed by atoms with Crippen LogP contribution in [0.4, 0.5) is 0 Å². The van der Waals surface area contributed by atoms with E-state index in [-0.39, 0.29) is 18.7 Å². The molecule has 0 unspecified atom stereocenters. The molecule has 1 aliphatic rings. The van der Waals surface area contributed by atoms with Gasteiger partial charge in [0.2, 0.25) is 0 Å². The van der Waals surface area contributed by atoms with Crippen molar-refractivity contribution in [2.75, 3.05) is 6.61 Å². The molecule has 0 atom stereocenters. The lowest BCUT2D eigenvalue weighted by atomic mass is 10.1. The van der Waals surface area contributed by atoms with Gasteiger partial charge >= 0.3 is 11.9 Å². The second kappa shape index (κ2) is 12.6. The van der Waals surface area contributed by atoms with Gasteiger partial charge in [0.25, 0.3) is 0 Å². The Morgan fingerprint density at radius 2 is 1.70 bits per heavy atom. The summed E-state index contributed by atoms with van der Waals surface area (Å²) < 4.78 is 4.90. The number of hydrogen-bond donors (Lipinski definition) is 3. The Morgan fingerprint density at radius 3 is 2.33 bits per heavy atom. The number of hydrogen-bond acceptors (Lipinski definition) is 5. The maximum Gasteiger partial charge on any atom is 0.306 e. The predicted octanol–water partition coefficient (Wildman–Crippen LogP) is 3.49.